The number of primary amides is 1. The lowest BCUT2D eigenvalue weighted by molar-refractivity contribution is -0.147. The van der Waals surface area contributed by atoms with Gasteiger partial charge in [-0.15, -0.1) is 0 Å². The largest absolute Gasteiger partial charge is 0.392 e. The average molecular weight is 307 g/mol. The van der Waals surface area contributed by atoms with Crippen LogP contribution in [0.25, 0.3) is 0 Å². The lowest BCUT2D eigenvalue weighted by Crippen LogP contribution is -2.56. The Morgan fingerprint density at radius 3 is 2.52 bits per heavy atom. The van der Waals surface area contributed by atoms with Gasteiger partial charge in [0.2, 0.25) is 11.8 Å². The van der Waals surface area contributed by atoms with Crippen LogP contribution in [0.2, 0.25) is 0 Å². The number of nitrogens with two attached hydrogens (primary N) is 2. The lowest BCUT2D eigenvalue weighted by atomic mass is 9.96. The SMILES string of the molecule is NC(=O)C1COCCN1C(=O)C(C(N)=S)c1ccccc1. The second-order valence-corrected chi connectivity index (χ2v) is 5.24. The van der Waals surface area contributed by atoms with E-state index in [4.69, 9.17) is 28.4 Å². The third-order valence-electron chi connectivity index (χ3n) is 3.40. The molecule has 1 heterocycles. The average Bonchev–Trinajstić information content (AvgIpc) is 2.48. The molecule has 0 radical (unpaired) electrons. The third kappa shape index (κ3) is 3.37. The van der Waals surface area contributed by atoms with Gasteiger partial charge in [0.25, 0.3) is 0 Å². The van der Waals surface area contributed by atoms with Crippen molar-refractivity contribution in [3.05, 3.63) is 35.9 Å². The number of rotatable bonds is 4. The van der Waals surface area contributed by atoms with Gasteiger partial charge in [-0.05, 0) is 5.56 Å². The lowest BCUT2D eigenvalue weighted by Gasteiger charge is -2.35. The van der Waals surface area contributed by atoms with Crippen LogP contribution in [0.5, 0.6) is 0 Å². The van der Waals surface area contributed by atoms with Gasteiger partial charge >= 0.3 is 0 Å². The first-order valence-electron chi connectivity index (χ1n) is 6.54. The Balaban J connectivity index is 2.30. The van der Waals surface area contributed by atoms with E-state index >= 15 is 0 Å². The molecule has 7 heteroatoms. The first-order chi connectivity index (χ1) is 10.0. The number of carbonyl (C=O) groups excluding carboxylic acids is 2. The maximum atomic E-state index is 12.8. The second kappa shape index (κ2) is 6.64. The molecule has 1 aliphatic heterocycles. The standard InChI is InChI=1S/C14H17N3O3S/c15-12(18)10-8-20-7-6-17(10)14(19)11(13(16)21)9-4-2-1-3-5-9/h1-5,10-11H,6-8H2,(H2,15,18)(H2,16,21). The monoisotopic (exact) mass is 307 g/mol. The molecule has 0 aliphatic carbocycles. The van der Waals surface area contributed by atoms with Gasteiger partial charge in [-0.1, -0.05) is 42.5 Å². The first-order valence-corrected chi connectivity index (χ1v) is 6.95. The number of thiocarbonyl (C=S) groups is 1. The molecule has 0 saturated carbocycles. The molecular formula is C14H17N3O3S. The van der Waals surface area contributed by atoms with E-state index in [1.54, 1.807) is 24.3 Å². The van der Waals surface area contributed by atoms with Gasteiger partial charge < -0.3 is 21.1 Å². The molecule has 1 aliphatic rings. The highest BCUT2D eigenvalue weighted by Gasteiger charge is 2.36. The number of nitrogens with zero attached hydrogens (tertiary/aromatic N) is 1. The summed E-state index contributed by atoms with van der Waals surface area (Å²) in [6.45, 7) is 0.743. The normalized spacial score (nSPS) is 19.8. The second-order valence-electron chi connectivity index (χ2n) is 4.77. The minimum absolute atomic E-state index is 0.0703. The van der Waals surface area contributed by atoms with Gasteiger partial charge in [0, 0.05) is 6.54 Å². The minimum atomic E-state index is -0.785. The van der Waals surface area contributed by atoms with Gasteiger partial charge in [-0.3, -0.25) is 9.59 Å². The van der Waals surface area contributed by atoms with Crippen LogP contribution in [0.1, 0.15) is 11.5 Å². The highest BCUT2D eigenvalue weighted by atomic mass is 32.1. The Labute approximate surface area is 128 Å². The number of carbonyl (C=O) groups is 2. The molecule has 0 bridgehead atoms. The molecule has 1 aromatic carbocycles. The summed E-state index contributed by atoms with van der Waals surface area (Å²) in [7, 11) is 0. The van der Waals surface area contributed by atoms with Gasteiger partial charge in [0.05, 0.1) is 18.2 Å². The van der Waals surface area contributed by atoms with E-state index in [1.807, 2.05) is 6.07 Å². The molecule has 2 atom stereocenters. The Morgan fingerprint density at radius 2 is 1.95 bits per heavy atom. The van der Waals surface area contributed by atoms with Crippen molar-refractivity contribution in [2.45, 2.75) is 12.0 Å². The van der Waals surface area contributed by atoms with Crippen molar-refractivity contribution in [3.8, 4) is 0 Å². The first kappa shape index (κ1) is 15.4. The van der Waals surface area contributed by atoms with Crippen LogP contribution < -0.4 is 11.5 Å². The molecule has 0 aromatic heterocycles. The molecule has 1 saturated heterocycles. The molecule has 112 valence electrons. The van der Waals surface area contributed by atoms with Gasteiger partial charge in [-0.25, -0.2) is 0 Å². The number of ether oxygens (including phenoxy) is 1. The van der Waals surface area contributed by atoms with Crippen molar-refractivity contribution < 1.29 is 14.3 Å². The zero-order valence-corrected chi connectivity index (χ0v) is 12.2. The van der Waals surface area contributed by atoms with E-state index < -0.39 is 17.9 Å². The molecule has 1 aromatic rings. The highest BCUT2D eigenvalue weighted by Crippen LogP contribution is 2.21. The number of hydrogen-bond acceptors (Lipinski definition) is 4. The van der Waals surface area contributed by atoms with Crippen molar-refractivity contribution in [1.82, 2.24) is 4.90 Å². The molecule has 6 nitrogen and oxygen atoms in total. The Morgan fingerprint density at radius 1 is 1.29 bits per heavy atom. The van der Waals surface area contributed by atoms with Gasteiger partial charge in [0.15, 0.2) is 0 Å². The number of hydrogen-bond donors (Lipinski definition) is 2. The van der Waals surface area contributed by atoms with Crippen LogP contribution in [0, 0.1) is 0 Å². The summed E-state index contributed by atoms with van der Waals surface area (Å²) in [5.74, 6) is -1.68. The molecule has 21 heavy (non-hydrogen) atoms. The zero-order chi connectivity index (χ0) is 15.4. The fourth-order valence-corrected chi connectivity index (χ4v) is 2.58. The third-order valence-corrected chi connectivity index (χ3v) is 3.64. The number of amides is 2. The van der Waals surface area contributed by atoms with Crippen molar-refractivity contribution in [3.63, 3.8) is 0 Å². The van der Waals surface area contributed by atoms with Crippen molar-refractivity contribution >= 4 is 29.0 Å². The van der Waals surface area contributed by atoms with E-state index in [-0.39, 0.29) is 17.5 Å². The summed E-state index contributed by atoms with van der Waals surface area (Å²) in [6, 6.07) is 8.22. The predicted molar refractivity (Wildman–Crippen MR) is 81.5 cm³/mol. The molecule has 2 amide bonds. The summed E-state index contributed by atoms with van der Waals surface area (Å²) in [5.41, 5.74) is 11.8. The Kier molecular flexibility index (Phi) is 4.87. The summed E-state index contributed by atoms with van der Waals surface area (Å²) in [5, 5.41) is 0. The topological polar surface area (TPSA) is 98.7 Å². The fourth-order valence-electron chi connectivity index (χ4n) is 2.34. The van der Waals surface area contributed by atoms with Crippen LogP contribution in [-0.4, -0.2) is 47.5 Å². The van der Waals surface area contributed by atoms with Crippen molar-refractivity contribution in [2.75, 3.05) is 19.8 Å². The van der Waals surface area contributed by atoms with Crippen LogP contribution in [0.4, 0.5) is 0 Å². The zero-order valence-electron chi connectivity index (χ0n) is 11.4. The maximum absolute atomic E-state index is 12.8. The van der Waals surface area contributed by atoms with Crippen LogP contribution >= 0.6 is 12.2 Å². The van der Waals surface area contributed by atoms with E-state index in [0.29, 0.717) is 18.7 Å². The summed E-state index contributed by atoms with van der Waals surface area (Å²) >= 11 is 5.03. The van der Waals surface area contributed by atoms with Crippen LogP contribution in [0.3, 0.4) is 0 Å². The molecule has 2 unspecified atom stereocenters. The highest BCUT2D eigenvalue weighted by molar-refractivity contribution is 7.80. The van der Waals surface area contributed by atoms with Gasteiger partial charge in [0.1, 0.15) is 12.0 Å². The maximum Gasteiger partial charge on any atom is 0.242 e. The van der Waals surface area contributed by atoms with Crippen molar-refractivity contribution in [1.29, 1.82) is 0 Å². The van der Waals surface area contributed by atoms with E-state index in [2.05, 4.69) is 0 Å². The molecule has 2 rings (SSSR count). The van der Waals surface area contributed by atoms with Crippen LogP contribution in [-0.2, 0) is 14.3 Å². The predicted octanol–water partition coefficient (Wildman–Crippen LogP) is -0.231. The summed E-state index contributed by atoms with van der Waals surface area (Å²) in [4.78, 5) is 25.7. The van der Waals surface area contributed by atoms with Crippen LogP contribution in [0.15, 0.2) is 30.3 Å². The fraction of sp³-hybridized carbons (Fsp3) is 0.357. The quantitative estimate of drug-likeness (QED) is 0.749. The summed E-state index contributed by atoms with van der Waals surface area (Å²) < 4.78 is 5.21. The van der Waals surface area contributed by atoms with E-state index in [1.165, 1.54) is 4.90 Å². The van der Waals surface area contributed by atoms with Gasteiger partial charge in [-0.2, -0.15) is 0 Å². The number of morpholine rings is 1. The Hall–Kier alpha value is -1.99. The van der Waals surface area contributed by atoms with E-state index in [9.17, 15) is 9.59 Å². The minimum Gasteiger partial charge on any atom is -0.392 e. The van der Waals surface area contributed by atoms with E-state index in [0.717, 1.165) is 0 Å². The molecule has 0 spiro atoms. The number of benzene rings is 1. The Bertz CT molecular complexity index is 550. The molecule has 4 N–H and O–H groups in total. The smallest absolute Gasteiger partial charge is 0.242 e. The summed E-state index contributed by atoms with van der Waals surface area (Å²) in [6.07, 6.45) is 0. The molecular weight excluding hydrogens is 290 g/mol. The molecule has 1 fully saturated rings. The van der Waals surface area contributed by atoms with Crippen molar-refractivity contribution in [2.24, 2.45) is 11.5 Å².